The normalized spacial score (nSPS) is 15.6. The van der Waals surface area contributed by atoms with E-state index in [1.54, 1.807) is 24.4 Å². The highest BCUT2D eigenvalue weighted by Crippen LogP contribution is 2.20. The Kier molecular flexibility index (Phi) is 4.28. The van der Waals surface area contributed by atoms with Crippen molar-refractivity contribution in [1.82, 2.24) is 9.97 Å². The summed E-state index contributed by atoms with van der Waals surface area (Å²) in [5, 5.41) is 2.94. The van der Waals surface area contributed by atoms with E-state index in [-0.39, 0.29) is 5.82 Å². The lowest BCUT2D eigenvalue weighted by atomic mass is 10.2. The molecule has 1 fully saturated rings. The lowest BCUT2D eigenvalue weighted by Crippen LogP contribution is -2.25. The molecule has 0 spiro atoms. The van der Waals surface area contributed by atoms with Gasteiger partial charge in [0.25, 0.3) is 0 Å². The van der Waals surface area contributed by atoms with Crippen LogP contribution in [-0.2, 0) is 0 Å². The van der Waals surface area contributed by atoms with Crippen molar-refractivity contribution < 1.29 is 4.39 Å². The third kappa shape index (κ3) is 3.48. The van der Waals surface area contributed by atoms with Crippen LogP contribution in [0.4, 0.5) is 21.8 Å². The number of benzene rings is 1. The van der Waals surface area contributed by atoms with Crippen LogP contribution in [0, 0.1) is 5.82 Å². The van der Waals surface area contributed by atoms with E-state index in [9.17, 15) is 4.39 Å². The molecule has 0 atom stereocenters. The lowest BCUT2D eigenvalue weighted by Gasteiger charge is -2.21. The molecule has 1 aromatic carbocycles. The van der Waals surface area contributed by atoms with Crippen LogP contribution < -0.4 is 10.2 Å². The van der Waals surface area contributed by atoms with Gasteiger partial charge in [0, 0.05) is 19.3 Å². The number of anilines is 3. The maximum Gasteiger partial charge on any atom is 0.229 e. The first-order valence-electron chi connectivity index (χ1n) is 7.42. The molecule has 2 aromatic rings. The predicted octanol–water partition coefficient (Wildman–Crippen LogP) is 3.74. The van der Waals surface area contributed by atoms with Crippen molar-refractivity contribution in [2.24, 2.45) is 0 Å². The first-order valence-corrected chi connectivity index (χ1v) is 7.42. The molecule has 1 aliphatic rings. The van der Waals surface area contributed by atoms with E-state index in [1.165, 1.54) is 31.7 Å². The van der Waals surface area contributed by atoms with Gasteiger partial charge in [0.15, 0.2) is 0 Å². The SMILES string of the molecule is Fc1ccccc1Nc1nccc(N2CCCCCC2)n1. The van der Waals surface area contributed by atoms with Crippen molar-refractivity contribution in [1.29, 1.82) is 0 Å². The van der Waals surface area contributed by atoms with Gasteiger partial charge in [-0.05, 0) is 31.0 Å². The van der Waals surface area contributed by atoms with Crippen molar-refractivity contribution in [3.8, 4) is 0 Å². The van der Waals surface area contributed by atoms with Gasteiger partial charge in [-0.2, -0.15) is 4.98 Å². The first kappa shape index (κ1) is 13.8. The summed E-state index contributed by atoms with van der Waals surface area (Å²) in [6, 6.07) is 8.45. The number of rotatable bonds is 3. The first-order chi connectivity index (χ1) is 10.3. The Bertz CT molecular complexity index is 594. The maximum atomic E-state index is 13.7. The molecular formula is C16H19FN4. The van der Waals surface area contributed by atoms with Crippen molar-refractivity contribution >= 4 is 17.5 Å². The van der Waals surface area contributed by atoms with Gasteiger partial charge in [-0.1, -0.05) is 25.0 Å². The van der Waals surface area contributed by atoms with Crippen LogP contribution in [0.3, 0.4) is 0 Å². The molecule has 5 heteroatoms. The number of aromatic nitrogens is 2. The van der Waals surface area contributed by atoms with Crippen molar-refractivity contribution in [3.05, 3.63) is 42.3 Å². The number of nitrogens with one attached hydrogen (secondary N) is 1. The zero-order chi connectivity index (χ0) is 14.5. The van der Waals surface area contributed by atoms with Crippen molar-refractivity contribution in [3.63, 3.8) is 0 Å². The molecule has 1 N–H and O–H groups in total. The summed E-state index contributed by atoms with van der Waals surface area (Å²) < 4.78 is 13.7. The average Bonchev–Trinajstić information content (AvgIpc) is 2.79. The van der Waals surface area contributed by atoms with Gasteiger partial charge < -0.3 is 10.2 Å². The molecule has 2 heterocycles. The number of nitrogens with zero attached hydrogens (tertiary/aromatic N) is 3. The monoisotopic (exact) mass is 286 g/mol. The quantitative estimate of drug-likeness (QED) is 0.933. The minimum Gasteiger partial charge on any atom is -0.356 e. The predicted molar refractivity (Wildman–Crippen MR) is 82.4 cm³/mol. The zero-order valence-corrected chi connectivity index (χ0v) is 11.9. The van der Waals surface area contributed by atoms with Crippen LogP contribution in [0.5, 0.6) is 0 Å². The second-order valence-corrected chi connectivity index (χ2v) is 5.24. The molecular weight excluding hydrogens is 267 g/mol. The summed E-state index contributed by atoms with van der Waals surface area (Å²) in [5.74, 6) is 1.04. The highest BCUT2D eigenvalue weighted by Gasteiger charge is 2.12. The summed E-state index contributed by atoms with van der Waals surface area (Å²) in [6.45, 7) is 2.05. The van der Waals surface area contributed by atoms with E-state index in [2.05, 4.69) is 20.2 Å². The third-order valence-electron chi connectivity index (χ3n) is 3.69. The Morgan fingerprint density at radius 3 is 2.52 bits per heavy atom. The smallest absolute Gasteiger partial charge is 0.229 e. The summed E-state index contributed by atoms with van der Waals surface area (Å²) in [5.41, 5.74) is 0.394. The van der Waals surface area contributed by atoms with Gasteiger partial charge in [-0.3, -0.25) is 0 Å². The van der Waals surface area contributed by atoms with Crippen molar-refractivity contribution in [2.45, 2.75) is 25.7 Å². The largest absolute Gasteiger partial charge is 0.356 e. The second kappa shape index (κ2) is 6.52. The van der Waals surface area contributed by atoms with Crippen LogP contribution in [0.2, 0.25) is 0 Å². The number of hydrogen-bond donors (Lipinski definition) is 1. The number of para-hydroxylation sites is 1. The molecule has 1 aromatic heterocycles. The third-order valence-corrected chi connectivity index (χ3v) is 3.69. The van der Waals surface area contributed by atoms with E-state index >= 15 is 0 Å². The highest BCUT2D eigenvalue weighted by atomic mass is 19.1. The van der Waals surface area contributed by atoms with E-state index in [4.69, 9.17) is 0 Å². The zero-order valence-electron chi connectivity index (χ0n) is 11.9. The van der Waals surface area contributed by atoms with Gasteiger partial charge in [0.1, 0.15) is 11.6 Å². The average molecular weight is 286 g/mol. The molecule has 0 saturated carbocycles. The number of hydrogen-bond acceptors (Lipinski definition) is 4. The summed E-state index contributed by atoms with van der Waals surface area (Å²) >= 11 is 0. The molecule has 0 bridgehead atoms. The molecule has 3 rings (SSSR count). The maximum absolute atomic E-state index is 13.7. The van der Waals surface area contributed by atoms with Crippen LogP contribution in [0.1, 0.15) is 25.7 Å². The fourth-order valence-electron chi connectivity index (χ4n) is 2.57. The summed E-state index contributed by atoms with van der Waals surface area (Å²) in [4.78, 5) is 11.0. The fraction of sp³-hybridized carbons (Fsp3) is 0.375. The Morgan fingerprint density at radius 2 is 1.76 bits per heavy atom. The van der Waals surface area contributed by atoms with Gasteiger partial charge in [0.2, 0.25) is 5.95 Å². The number of halogens is 1. The van der Waals surface area contributed by atoms with Crippen LogP contribution in [0.15, 0.2) is 36.5 Å². The highest BCUT2D eigenvalue weighted by molar-refractivity contribution is 5.55. The van der Waals surface area contributed by atoms with Crippen molar-refractivity contribution in [2.75, 3.05) is 23.3 Å². The minimum atomic E-state index is -0.304. The summed E-state index contributed by atoms with van der Waals surface area (Å²) in [7, 11) is 0. The molecule has 1 saturated heterocycles. The fourth-order valence-corrected chi connectivity index (χ4v) is 2.57. The molecule has 0 aliphatic carbocycles. The van der Waals surface area contributed by atoms with E-state index in [1.807, 2.05) is 6.07 Å². The van der Waals surface area contributed by atoms with E-state index in [0.29, 0.717) is 11.6 Å². The molecule has 4 nitrogen and oxygen atoms in total. The second-order valence-electron chi connectivity index (χ2n) is 5.24. The Balaban J connectivity index is 1.78. The molecule has 21 heavy (non-hydrogen) atoms. The topological polar surface area (TPSA) is 41.1 Å². The van der Waals surface area contributed by atoms with E-state index < -0.39 is 0 Å². The molecule has 0 amide bonds. The minimum absolute atomic E-state index is 0.304. The van der Waals surface area contributed by atoms with Crippen LogP contribution >= 0.6 is 0 Å². The van der Waals surface area contributed by atoms with Gasteiger partial charge >= 0.3 is 0 Å². The van der Waals surface area contributed by atoms with Gasteiger partial charge in [0.05, 0.1) is 5.69 Å². The standard InChI is InChI=1S/C16H19FN4/c17-13-7-3-4-8-14(13)19-16-18-10-9-15(20-16)21-11-5-1-2-6-12-21/h3-4,7-10H,1-2,5-6,11-12H2,(H,18,19,20). The Hall–Kier alpha value is -2.17. The molecule has 1 aliphatic heterocycles. The van der Waals surface area contributed by atoms with E-state index in [0.717, 1.165) is 18.9 Å². The Labute approximate surface area is 124 Å². The molecule has 0 unspecified atom stereocenters. The molecule has 0 radical (unpaired) electrons. The summed E-state index contributed by atoms with van der Waals surface area (Å²) in [6.07, 6.45) is 6.67. The molecule has 110 valence electrons. The van der Waals surface area contributed by atoms with Gasteiger partial charge in [-0.25, -0.2) is 9.37 Å². The van der Waals surface area contributed by atoms with Crippen LogP contribution in [-0.4, -0.2) is 23.1 Å². The lowest BCUT2D eigenvalue weighted by molar-refractivity contribution is 0.631. The Morgan fingerprint density at radius 1 is 1.00 bits per heavy atom. The van der Waals surface area contributed by atoms with Gasteiger partial charge in [-0.15, -0.1) is 0 Å². The van der Waals surface area contributed by atoms with Crippen LogP contribution in [0.25, 0.3) is 0 Å².